The zero-order chi connectivity index (χ0) is 13.8. The van der Waals surface area contributed by atoms with E-state index in [1.165, 1.54) is 12.1 Å². The molecule has 1 rings (SSSR count). The van der Waals surface area contributed by atoms with Crippen LogP contribution in [0.25, 0.3) is 0 Å². The van der Waals surface area contributed by atoms with Gasteiger partial charge in [-0.2, -0.15) is 0 Å². The molecular weight excluding hydrogens is 274 g/mol. The number of carbonyl (C=O) groups is 1. The van der Waals surface area contributed by atoms with Gasteiger partial charge in [-0.05, 0) is 30.5 Å². The van der Waals surface area contributed by atoms with Crippen LogP contribution in [0.4, 0.5) is 0 Å². The van der Waals surface area contributed by atoms with Crippen molar-refractivity contribution in [3.05, 3.63) is 29.3 Å². The van der Waals surface area contributed by atoms with Crippen molar-refractivity contribution < 1.29 is 13.2 Å². The molecule has 0 aromatic heterocycles. The van der Waals surface area contributed by atoms with E-state index >= 15 is 0 Å². The van der Waals surface area contributed by atoms with E-state index in [1.807, 2.05) is 13.8 Å². The van der Waals surface area contributed by atoms with Crippen molar-refractivity contribution >= 4 is 25.6 Å². The van der Waals surface area contributed by atoms with Gasteiger partial charge in [0.15, 0.2) is 0 Å². The van der Waals surface area contributed by atoms with E-state index in [0.717, 1.165) is 12.0 Å². The number of hydrogen-bond acceptors (Lipinski definition) is 3. The predicted octanol–water partition coefficient (Wildman–Crippen LogP) is 2.32. The lowest BCUT2D eigenvalue weighted by atomic mass is 10.0. The summed E-state index contributed by atoms with van der Waals surface area (Å²) in [6, 6.07) is 4.36. The van der Waals surface area contributed by atoms with Crippen molar-refractivity contribution in [3.63, 3.8) is 0 Å². The fraction of sp³-hybridized carbons (Fsp3) is 0.417. The molecule has 0 aliphatic rings. The normalized spacial score (nSPS) is 11.3. The van der Waals surface area contributed by atoms with Gasteiger partial charge in [-0.3, -0.25) is 4.79 Å². The number of carbonyl (C=O) groups excluding carboxylic acids is 1. The third-order valence-electron chi connectivity index (χ3n) is 2.52. The first kappa shape index (κ1) is 15.0. The number of hydrogen-bond donors (Lipinski definition) is 1. The third kappa shape index (κ3) is 3.71. The van der Waals surface area contributed by atoms with Gasteiger partial charge >= 0.3 is 0 Å². The Morgan fingerprint density at radius 3 is 2.50 bits per heavy atom. The molecule has 0 saturated carbocycles. The monoisotopic (exact) mass is 289 g/mol. The Morgan fingerprint density at radius 1 is 1.33 bits per heavy atom. The van der Waals surface area contributed by atoms with Crippen molar-refractivity contribution in [1.82, 2.24) is 5.32 Å². The maximum atomic E-state index is 11.9. The minimum atomic E-state index is -3.81. The van der Waals surface area contributed by atoms with Crippen LogP contribution in [0, 0.1) is 0 Å². The average molecular weight is 290 g/mol. The SMILES string of the molecule is CCCNC(=O)c1cc(S(=O)(=O)Cl)ccc1CC. The van der Waals surface area contributed by atoms with Crippen LogP contribution >= 0.6 is 10.7 Å². The van der Waals surface area contributed by atoms with Gasteiger partial charge in [0.1, 0.15) is 0 Å². The topological polar surface area (TPSA) is 63.2 Å². The summed E-state index contributed by atoms with van der Waals surface area (Å²) < 4.78 is 22.5. The number of nitrogens with one attached hydrogen (secondary N) is 1. The van der Waals surface area contributed by atoms with Gasteiger partial charge in [0.2, 0.25) is 0 Å². The summed E-state index contributed by atoms with van der Waals surface area (Å²) in [7, 11) is 1.46. The molecule has 0 aliphatic carbocycles. The molecule has 1 aromatic rings. The molecule has 0 saturated heterocycles. The summed E-state index contributed by atoms with van der Waals surface area (Å²) in [6.45, 7) is 4.40. The van der Waals surface area contributed by atoms with Crippen molar-refractivity contribution in [2.45, 2.75) is 31.6 Å². The van der Waals surface area contributed by atoms with Crippen LogP contribution in [0.2, 0.25) is 0 Å². The summed E-state index contributed by atoms with van der Waals surface area (Å²) in [4.78, 5) is 11.9. The van der Waals surface area contributed by atoms with E-state index < -0.39 is 9.05 Å². The maximum absolute atomic E-state index is 11.9. The number of rotatable bonds is 5. The van der Waals surface area contributed by atoms with E-state index in [0.29, 0.717) is 18.5 Å². The predicted molar refractivity (Wildman–Crippen MR) is 71.5 cm³/mol. The Morgan fingerprint density at radius 2 is 2.00 bits per heavy atom. The second kappa shape index (κ2) is 6.20. The molecule has 0 radical (unpaired) electrons. The van der Waals surface area contributed by atoms with Gasteiger partial charge in [-0.15, -0.1) is 0 Å². The van der Waals surface area contributed by atoms with Crippen LogP contribution in [0.15, 0.2) is 23.1 Å². The molecule has 0 unspecified atom stereocenters. The van der Waals surface area contributed by atoms with Crippen LogP contribution in [-0.2, 0) is 15.5 Å². The molecule has 100 valence electrons. The lowest BCUT2D eigenvalue weighted by Crippen LogP contribution is -2.25. The maximum Gasteiger partial charge on any atom is 0.261 e. The molecule has 0 aliphatic heterocycles. The number of benzene rings is 1. The number of aryl methyl sites for hydroxylation is 1. The summed E-state index contributed by atoms with van der Waals surface area (Å²) in [5.41, 5.74) is 1.17. The molecule has 0 bridgehead atoms. The molecule has 0 atom stereocenters. The standard InChI is InChI=1S/C12H16ClNO3S/c1-3-7-14-12(15)11-8-10(18(13,16)17)6-5-9(11)4-2/h5-6,8H,3-4,7H2,1-2H3,(H,14,15). The van der Waals surface area contributed by atoms with Gasteiger partial charge in [-0.25, -0.2) is 8.42 Å². The first-order valence-electron chi connectivity index (χ1n) is 5.76. The molecule has 1 amide bonds. The van der Waals surface area contributed by atoms with Gasteiger partial charge in [-0.1, -0.05) is 19.9 Å². The van der Waals surface area contributed by atoms with Gasteiger partial charge < -0.3 is 5.32 Å². The Balaban J connectivity index is 3.18. The molecule has 0 fully saturated rings. The first-order valence-corrected chi connectivity index (χ1v) is 8.06. The van der Waals surface area contributed by atoms with Crippen molar-refractivity contribution in [1.29, 1.82) is 0 Å². The third-order valence-corrected chi connectivity index (χ3v) is 3.88. The van der Waals surface area contributed by atoms with E-state index in [-0.39, 0.29) is 10.8 Å². The summed E-state index contributed by atoms with van der Waals surface area (Å²) >= 11 is 0. The lowest BCUT2D eigenvalue weighted by Gasteiger charge is -2.09. The van der Waals surface area contributed by atoms with Gasteiger partial charge in [0, 0.05) is 22.8 Å². The fourth-order valence-electron chi connectivity index (χ4n) is 1.56. The molecule has 6 heteroatoms. The second-order valence-electron chi connectivity index (χ2n) is 3.87. The van der Waals surface area contributed by atoms with Gasteiger partial charge in [0.05, 0.1) is 4.90 Å². The molecule has 4 nitrogen and oxygen atoms in total. The highest BCUT2D eigenvalue weighted by Gasteiger charge is 2.16. The largest absolute Gasteiger partial charge is 0.352 e. The highest BCUT2D eigenvalue weighted by atomic mass is 35.7. The molecule has 0 heterocycles. The van der Waals surface area contributed by atoms with Crippen LogP contribution in [0.1, 0.15) is 36.2 Å². The zero-order valence-electron chi connectivity index (χ0n) is 10.4. The smallest absolute Gasteiger partial charge is 0.261 e. The summed E-state index contributed by atoms with van der Waals surface area (Å²) in [6.07, 6.45) is 1.47. The summed E-state index contributed by atoms with van der Waals surface area (Å²) in [5, 5.41) is 2.73. The van der Waals surface area contributed by atoms with E-state index in [4.69, 9.17) is 10.7 Å². The minimum absolute atomic E-state index is 0.0528. The lowest BCUT2D eigenvalue weighted by molar-refractivity contribution is 0.0952. The molecule has 0 spiro atoms. The van der Waals surface area contributed by atoms with Crippen molar-refractivity contribution in [2.75, 3.05) is 6.54 Å². The van der Waals surface area contributed by atoms with Gasteiger partial charge in [0.25, 0.3) is 15.0 Å². The molecule has 18 heavy (non-hydrogen) atoms. The Kier molecular flexibility index (Phi) is 5.16. The molecule has 1 aromatic carbocycles. The number of halogens is 1. The summed E-state index contributed by atoms with van der Waals surface area (Å²) in [5.74, 6) is -0.268. The van der Waals surface area contributed by atoms with E-state index in [9.17, 15) is 13.2 Å². The highest BCUT2D eigenvalue weighted by molar-refractivity contribution is 8.13. The van der Waals surface area contributed by atoms with Crippen LogP contribution in [-0.4, -0.2) is 20.9 Å². The zero-order valence-corrected chi connectivity index (χ0v) is 11.9. The van der Waals surface area contributed by atoms with Crippen LogP contribution in [0.5, 0.6) is 0 Å². The van der Waals surface area contributed by atoms with Crippen LogP contribution < -0.4 is 5.32 Å². The van der Waals surface area contributed by atoms with E-state index in [1.54, 1.807) is 6.07 Å². The highest BCUT2D eigenvalue weighted by Crippen LogP contribution is 2.20. The minimum Gasteiger partial charge on any atom is -0.352 e. The van der Waals surface area contributed by atoms with Crippen molar-refractivity contribution in [3.8, 4) is 0 Å². The molecular formula is C12H16ClNO3S. The quantitative estimate of drug-likeness (QED) is 0.846. The Hall–Kier alpha value is -1.07. The Labute approximate surface area is 112 Å². The van der Waals surface area contributed by atoms with E-state index in [2.05, 4.69) is 5.32 Å². The Bertz CT molecular complexity index is 540. The van der Waals surface area contributed by atoms with Crippen molar-refractivity contribution in [2.24, 2.45) is 0 Å². The fourth-order valence-corrected chi connectivity index (χ4v) is 2.34. The average Bonchev–Trinajstić information content (AvgIpc) is 2.34. The first-order chi connectivity index (χ1) is 8.40. The number of amides is 1. The second-order valence-corrected chi connectivity index (χ2v) is 6.43. The van der Waals surface area contributed by atoms with Crippen LogP contribution in [0.3, 0.4) is 0 Å². The molecule has 1 N–H and O–H groups in total.